The van der Waals surface area contributed by atoms with Crippen molar-refractivity contribution in [2.24, 2.45) is 11.7 Å². The third kappa shape index (κ3) is 4.48. The average Bonchev–Trinajstić information content (AvgIpc) is 3.24. The van der Waals surface area contributed by atoms with E-state index in [-0.39, 0.29) is 11.8 Å². The molecule has 1 aliphatic carbocycles. The van der Waals surface area contributed by atoms with Gasteiger partial charge in [0.2, 0.25) is 11.8 Å². The zero-order chi connectivity index (χ0) is 15.4. The molecule has 0 heterocycles. The number of imide groups is 1. The number of carbonyl (C=O) groups is 3. The Hall–Kier alpha value is -2.57. The molecule has 1 saturated carbocycles. The van der Waals surface area contributed by atoms with Gasteiger partial charge >= 0.3 is 6.03 Å². The van der Waals surface area contributed by atoms with Crippen LogP contribution < -0.4 is 21.7 Å². The Labute approximate surface area is 122 Å². The number of urea groups is 1. The molecule has 0 bridgehead atoms. The lowest BCUT2D eigenvalue weighted by Gasteiger charge is -2.14. The topological polar surface area (TPSA) is 113 Å². The van der Waals surface area contributed by atoms with Crippen molar-refractivity contribution in [2.45, 2.75) is 25.8 Å². The molecule has 4 amide bonds. The zero-order valence-electron chi connectivity index (χ0n) is 11.7. The van der Waals surface area contributed by atoms with Gasteiger partial charge in [0, 0.05) is 17.3 Å². The molecular formula is C14H18N4O3. The minimum Gasteiger partial charge on any atom is -0.374 e. The van der Waals surface area contributed by atoms with E-state index in [0.717, 1.165) is 12.8 Å². The summed E-state index contributed by atoms with van der Waals surface area (Å²) in [4.78, 5) is 33.7. The maximum Gasteiger partial charge on any atom is 0.318 e. The molecule has 2 rings (SSSR count). The van der Waals surface area contributed by atoms with Crippen LogP contribution in [0.3, 0.4) is 0 Å². The van der Waals surface area contributed by atoms with Crippen molar-refractivity contribution in [1.82, 2.24) is 5.32 Å². The third-order valence-electron chi connectivity index (χ3n) is 3.12. The molecule has 0 radical (unpaired) electrons. The van der Waals surface area contributed by atoms with E-state index < -0.39 is 18.0 Å². The molecule has 1 unspecified atom stereocenters. The van der Waals surface area contributed by atoms with Crippen LogP contribution in [-0.4, -0.2) is 23.9 Å². The Morgan fingerprint density at radius 3 is 2.24 bits per heavy atom. The summed E-state index contributed by atoms with van der Waals surface area (Å²) in [5, 5.41) is 7.76. The van der Waals surface area contributed by atoms with Crippen molar-refractivity contribution in [1.29, 1.82) is 0 Å². The van der Waals surface area contributed by atoms with E-state index in [1.165, 1.54) is 0 Å². The first kappa shape index (κ1) is 14.8. The first-order chi connectivity index (χ1) is 9.95. The molecule has 1 aromatic rings. The summed E-state index contributed by atoms with van der Waals surface area (Å²) in [7, 11) is 0. The Morgan fingerprint density at radius 1 is 1.14 bits per heavy atom. The molecule has 5 N–H and O–H groups in total. The number of benzene rings is 1. The highest BCUT2D eigenvalue weighted by atomic mass is 16.2. The van der Waals surface area contributed by atoms with Gasteiger partial charge in [-0.25, -0.2) is 4.79 Å². The predicted molar refractivity (Wildman–Crippen MR) is 78.6 cm³/mol. The fraction of sp³-hybridized carbons (Fsp3) is 0.357. The molecule has 21 heavy (non-hydrogen) atoms. The Morgan fingerprint density at radius 2 is 1.71 bits per heavy atom. The number of carbonyl (C=O) groups excluding carboxylic acids is 3. The molecule has 0 aromatic heterocycles. The molecule has 1 fully saturated rings. The van der Waals surface area contributed by atoms with Gasteiger partial charge in [-0.15, -0.1) is 0 Å². The van der Waals surface area contributed by atoms with Gasteiger partial charge in [-0.2, -0.15) is 0 Å². The smallest absolute Gasteiger partial charge is 0.318 e. The van der Waals surface area contributed by atoms with Gasteiger partial charge in [0.05, 0.1) is 0 Å². The van der Waals surface area contributed by atoms with Gasteiger partial charge < -0.3 is 16.4 Å². The van der Waals surface area contributed by atoms with Crippen molar-refractivity contribution < 1.29 is 14.4 Å². The van der Waals surface area contributed by atoms with E-state index in [9.17, 15) is 14.4 Å². The van der Waals surface area contributed by atoms with E-state index in [1.807, 2.05) is 5.32 Å². The Kier molecular flexibility index (Phi) is 4.42. The maximum absolute atomic E-state index is 11.6. The number of rotatable bonds is 5. The van der Waals surface area contributed by atoms with E-state index in [4.69, 9.17) is 5.73 Å². The number of anilines is 2. The van der Waals surface area contributed by atoms with Crippen LogP contribution in [0.25, 0.3) is 0 Å². The highest BCUT2D eigenvalue weighted by Gasteiger charge is 2.29. The summed E-state index contributed by atoms with van der Waals surface area (Å²) in [6.45, 7) is 1.61. The minimum absolute atomic E-state index is 0.0462. The van der Waals surface area contributed by atoms with Gasteiger partial charge in [0.1, 0.15) is 6.04 Å². The van der Waals surface area contributed by atoms with Crippen molar-refractivity contribution in [2.75, 3.05) is 10.6 Å². The summed E-state index contributed by atoms with van der Waals surface area (Å²) in [6.07, 6.45) is 1.91. The number of nitrogens with one attached hydrogen (secondary N) is 3. The number of amides is 4. The monoisotopic (exact) mass is 290 g/mol. The van der Waals surface area contributed by atoms with Crippen LogP contribution in [0.5, 0.6) is 0 Å². The van der Waals surface area contributed by atoms with Gasteiger partial charge in [0.15, 0.2) is 0 Å². The van der Waals surface area contributed by atoms with Crippen LogP contribution >= 0.6 is 0 Å². The molecule has 0 spiro atoms. The Balaban J connectivity index is 1.87. The van der Waals surface area contributed by atoms with Crippen LogP contribution in [0.2, 0.25) is 0 Å². The van der Waals surface area contributed by atoms with Crippen molar-refractivity contribution in [3.63, 3.8) is 0 Å². The van der Waals surface area contributed by atoms with Gasteiger partial charge in [-0.1, -0.05) is 0 Å². The lowest BCUT2D eigenvalue weighted by molar-refractivity contribution is -0.120. The van der Waals surface area contributed by atoms with Gasteiger partial charge in [-0.05, 0) is 44.0 Å². The number of hydrogen-bond acceptors (Lipinski definition) is 4. The summed E-state index contributed by atoms with van der Waals surface area (Å²) in [5.41, 5.74) is 6.30. The lowest BCUT2D eigenvalue weighted by Crippen LogP contribution is -2.43. The van der Waals surface area contributed by atoms with Gasteiger partial charge in [0.25, 0.3) is 0 Å². The summed E-state index contributed by atoms with van der Waals surface area (Å²) < 4.78 is 0. The SMILES string of the molecule is CC(Nc1ccc(NC(=O)C2CC2)cc1)C(=O)NC(N)=O. The lowest BCUT2D eigenvalue weighted by atomic mass is 10.2. The van der Waals surface area contributed by atoms with E-state index >= 15 is 0 Å². The summed E-state index contributed by atoms with van der Waals surface area (Å²) in [6, 6.07) is 5.51. The third-order valence-corrected chi connectivity index (χ3v) is 3.12. The average molecular weight is 290 g/mol. The standard InChI is InChI=1S/C14H18N4O3/c1-8(12(19)18-14(15)21)16-10-4-6-11(7-5-10)17-13(20)9-2-3-9/h4-9,16H,2-3H2,1H3,(H,17,20)(H3,15,18,19,21). The first-order valence-corrected chi connectivity index (χ1v) is 6.73. The fourth-order valence-electron chi connectivity index (χ4n) is 1.78. The molecular weight excluding hydrogens is 272 g/mol. The largest absolute Gasteiger partial charge is 0.374 e. The van der Waals surface area contributed by atoms with Crippen LogP contribution in [0.4, 0.5) is 16.2 Å². The first-order valence-electron chi connectivity index (χ1n) is 6.73. The molecule has 112 valence electrons. The van der Waals surface area contributed by atoms with Crippen LogP contribution in [-0.2, 0) is 9.59 Å². The quantitative estimate of drug-likeness (QED) is 0.648. The van der Waals surface area contributed by atoms with Crippen molar-refractivity contribution >= 4 is 29.2 Å². The molecule has 0 saturated heterocycles. The van der Waals surface area contributed by atoms with Gasteiger partial charge in [-0.3, -0.25) is 14.9 Å². The van der Waals surface area contributed by atoms with E-state index in [2.05, 4.69) is 10.6 Å². The van der Waals surface area contributed by atoms with Crippen LogP contribution in [0.1, 0.15) is 19.8 Å². The fourth-order valence-corrected chi connectivity index (χ4v) is 1.78. The summed E-state index contributed by atoms with van der Waals surface area (Å²) in [5.74, 6) is -0.307. The normalized spacial score (nSPS) is 14.9. The predicted octanol–water partition coefficient (Wildman–Crippen LogP) is 1.03. The second-order valence-electron chi connectivity index (χ2n) is 5.06. The van der Waals surface area contributed by atoms with Crippen molar-refractivity contribution in [3.05, 3.63) is 24.3 Å². The van der Waals surface area contributed by atoms with Crippen LogP contribution in [0.15, 0.2) is 24.3 Å². The minimum atomic E-state index is -0.883. The highest BCUT2D eigenvalue weighted by molar-refractivity contribution is 5.97. The molecule has 1 aliphatic rings. The molecule has 1 aromatic carbocycles. The molecule has 7 nitrogen and oxygen atoms in total. The summed E-state index contributed by atoms with van der Waals surface area (Å²) >= 11 is 0. The maximum atomic E-state index is 11.6. The van der Waals surface area contributed by atoms with Crippen LogP contribution in [0, 0.1) is 5.92 Å². The number of primary amides is 1. The Bertz CT molecular complexity index is 552. The van der Waals surface area contributed by atoms with E-state index in [0.29, 0.717) is 11.4 Å². The zero-order valence-corrected chi connectivity index (χ0v) is 11.7. The van der Waals surface area contributed by atoms with Crippen molar-refractivity contribution in [3.8, 4) is 0 Å². The molecule has 1 atom stereocenters. The molecule has 0 aliphatic heterocycles. The van der Waals surface area contributed by atoms with E-state index in [1.54, 1.807) is 31.2 Å². The highest BCUT2D eigenvalue weighted by Crippen LogP contribution is 2.30. The number of nitrogens with two attached hydrogens (primary N) is 1. The number of hydrogen-bond donors (Lipinski definition) is 4. The second kappa shape index (κ2) is 6.25. The second-order valence-corrected chi connectivity index (χ2v) is 5.06. The molecule has 7 heteroatoms.